The Kier molecular flexibility index (Phi) is 6.57. The van der Waals surface area contributed by atoms with Crippen LogP contribution in [-0.4, -0.2) is 69.0 Å². The van der Waals surface area contributed by atoms with Crippen molar-refractivity contribution in [2.45, 2.75) is 18.5 Å². The number of hydrogen-bond donors (Lipinski definition) is 2. The van der Waals surface area contributed by atoms with Crippen molar-refractivity contribution in [3.8, 4) is 11.4 Å². The topological polar surface area (TPSA) is 65.8 Å². The monoisotopic (exact) mass is 463 g/mol. The number of pyridine rings is 1. The van der Waals surface area contributed by atoms with Gasteiger partial charge in [-0.15, -0.1) is 0 Å². The molecular formula is C25H29N5O2S. The minimum absolute atomic E-state index is 0.000826. The number of ether oxygens (including phenoxy) is 1. The van der Waals surface area contributed by atoms with E-state index < -0.39 is 0 Å². The Morgan fingerprint density at radius 3 is 2.61 bits per heavy atom. The molecule has 0 unspecified atom stereocenters. The molecule has 2 aliphatic heterocycles. The lowest BCUT2D eigenvalue weighted by Gasteiger charge is -2.31. The van der Waals surface area contributed by atoms with Crippen molar-refractivity contribution in [2.75, 3.05) is 39.4 Å². The molecule has 33 heavy (non-hydrogen) atoms. The number of aromatic nitrogens is 2. The van der Waals surface area contributed by atoms with E-state index in [0.717, 1.165) is 68.0 Å². The third-order valence-corrected chi connectivity index (χ3v) is 6.74. The van der Waals surface area contributed by atoms with Gasteiger partial charge < -0.3 is 24.6 Å². The van der Waals surface area contributed by atoms with E-state index in [1.165, 1.54) is 0 Å². The van der Waals surface area contributed by atoms with Gasteiger partial charge in [-0.3, -0.25) is 9.88 Å². The average molecular weight is 464 g/mol. The summed E-state index contributed by atoms with van der Waals surface area (Å²) in [7, 11) is 0. The van der Waals surface area contributed by atoms with Crippen LogP contribution in [0.2, 0.25) is 0 Å². The number of nitrogens with zero attached hydrogens (tertiary/aromatic N) is 4. The lowest BCUT2D eigenvalue weighted by atomic mass is 10.0. The van der Waals surface area contributed by atoms with Gasteiger partial charge in [-0.25, -0.2) is 0 Å². The molecule has 0 spiro atoms. The molecular weight excluding hydrogens is 434 g/mol. The molecule has 0 saturated carbocycles. The third-order valence-electron chi connectivity index (χ3n) is 6.39. The highest BCUT2D eigenvalue weighted by molar-refractivity contribution is 7.80. The van der Waals surface area contributed by atoms with Crippen molar-refractivity contribution in [3.63, 3.8) is 0 Å². The fraction of sp³-hybridized carbons (Fsp3) is 0.360. The zero-order valence-electron chi connectivity index (χ0n) is 18.5. The molecule has 4 heterocycles. The molecule has 1 aromatic carbocycles. The van der Waals surface area contributed by atoms with Crippen LogP contribution >= 0.6 is 12.2 Å². The first kappa shape index (κ1) is 21.9. The van der Waals surface area contributed by atoms with Gasteiger partial charge in [-0.2, -0.15) is 0 Å². The molecule has 2 saturated heterocycles. The zero-order valence-corrected chi connectivity index (χ0v) is 19.3. The predicted molar refractivity (Wildman–Crippen MR) is 131 cm³/mol. The van der Waals surface area contributed by atoms with E-state index in [9.17, 15) is 5.11 Å². The fourth-order valence-electron chi connectivity index (χ4n) is 4.74. The van der Waals surface area contributed by atoms with Crippen molar-refractivity contribution in [3.05, 3.63) is 78.4 Å². The average Bonchev–Trinajstić information content (AvgIpc) is 3.45. The lowest BCUT2D eigenvalue weighted by Crippen LogP contribution is -2.39. The van der Waals surface area contributed by atoms with Gasteiger partial charge in [0.05, 0.1) is 31.0 Å². The second-order valence-electron chi connectivity index (χ2n) is 8.45. The molecule has 2 N–H and O–H groups in total. The molecule has 7 nitrogen and oxygen atoms in total. The highest BCUT2D eigenvalue weighted by atomic mass is 32.1. The van der Waals surface area contributed by atoms with Gasteiger partial charge in [-0.05, 0) is 67.2 Å². The third kappa shape index (κ3) is 4.73. The Labute approximate surface area is 199 Å². The Morgan fingerprint density at radius 2 is 1.85 bits per heavy atom. The van der Waals surface area contributed by atoms with E-state index >= 15 is 0 Å². The quantitative estimate of drug-likeness (QED) is 0.522. The highest BCUT2D eigenvalue weighted by Crippen LogP contribution is 2.39. The number of hydrogen-bond acceptors (Lipinski definition) is 5. The maximum absolute atomic E-state index is 9.74. The lowest BCUT2D eigenvalue weighted by molar-refractivity contribution is 0.0365. The Morgan fingerprint density at radius 1 is 1.03 bits per heavy atom. The van der Waals surface area contributed by atoms with Crippen molar-refractivity contribution in [1.29, 1.82) is 0 Å². The van der Waals surface area contributed by atoms with Gasteiger partial charge in [0.1, 0.15) is 5.75 Å². The first-order chi connectivity index (χ1) is 16.2. The zero-order chi connectivity index (χ0) is 22.6. The molecule has 172 valence electrons. The Hall–Kier alpha value is -2.94. The summed E-state index contributed by atoms with van der Waals surface area (Å²) in [6, 6.07) is 17.5. The van der Waals surface area contributed by atoms with Crippen LogP contribution < -0.4 is 5.32 Å². The van der Waals surface area contributed by atoms with Crippen LogP contribution in [0.4, 0.5) is 0 Å². The SMILES string of the molecule is Oc1ccc(-n2cccc2[C@H]2[C@H](c3ccccn3)NC(=S)N2CCCN2CCOCC2)cc1. The van der Waals surface area contributed by atoms with E-state index in [1.807, 2.05) is 30.5 Å². The molecule has 0 aliphatic carbocycles. The van der Waals surface area contributed by atoms with Crippen LogP contribution in [0.5, 0.6) is 5.75 Å². The maximum Gasteiger partial charge on any atom is 0.170 e. The molecule has 0 bridgehead atoms. The van der Waals surface area contributed by atoms with Gasteiger partial charge in [-0.1, -0.05) is 6.07 Å². The molecule has 2 fully saturated rings. The van der Waals surface area contributed by atoms with Crippen molar-refractivity contribution in [2.24, 2.45) is 0 Å². The molecule has 2 aliphatic rings. The summed E-state index contributed by atoms with van der Waals surface area (Å²) in [6.07, 6.45) is 4.91. The number of phenolic OH excluding ortho intramolecular Hbond substituents is 1. The summed E-state index contributed by atoms with van der Waals surface area (Å²) < 4.78 is 7.65. The number of morpholine rings is 1. The summed E-state index contributed by atoms with van der Waals surface area (Å²) >= 11 is 5.83. The summed E-state index contributed by atoms with van der Waals surface area (Å²) in [5.74, 6) is 0.257. The largest absolute Gasteiger partial charge is 0.508 e. The van der Waals surface area contributed by atoms with E-state index in [4.69, 9.17) is 17.0 Å². The first-order valence-electron chi connectivity index (χ1n) is 11.5. The van der Waals surface area contributed by atoms with E-state index in [0.29, 0.717) is 0 Å². The van der Waals surface area contributed by atoms with Gasteiger partial charge in [0.2, 0.25) is 0 Å². The Bertz CT molecular complexity index is 1070. The number of thiocarbonyl (C=S) groups is 1. The van der Waals surface area contributed by atoms with Crippen LogP contribution in [0, 0.1) is 0 Å². The van der Waals surface area contributed by atoms with Gasteiger partial charge >= 0.3 is 0 Å². The molecule has 3 aromatic rings. The fourth-order valence-corrected chi connectivity index (χ4v) is 5.07. The second-order valence-corrected chi connectivity index (χ2v) is 8.83. The minimum atomic E-state index is -0.0483. The summed E-state index contributed by atoms with van der Waals surface area (Å²) in [4.78, 5) is 9.41. The van der Waals surface area contributed by atoms with E-state index in [-0.39, 0.29) is 17.8 Å². The van der Waals surface area contributed by atoms with Crippen LogP contribution in [0.15, 0.2) is 67.0 Å². The van der Waals surface area contributed by atoms with E-state index in [2.05, 4.69) is 49.1 Å². The molecule has 0 amide bonds. The number of rotatable bonds is 7. The number of aromatic hydroxyl groups is 1. The standard InChI is InChI=1S/C25H29N5O2S/c31-20-9-7-19(8-10-20)29-13-3-6-22(29)24-23(21-5-1-2-11-26-21)27-25(33)30(24)14-4-12-28-15-17-32-18-16-28/h1-3,5-11,13,23-24,31H,4,12,14-18H2,(H,27,33)/t23-,24-/m0/s1. The highest BCUT2D eigenvalue weighted by Gasteiger charge is 2.41. The molecule has 8 heteroatoms. The van der Waals surface area contributed by atoms with Crippen LogP contribution in [0.25, 0.3) is 5.69 Å². The van der Waals surface area contributed by atoms with Crippen molar-refractivity contribution >= 4 is 17.3 Å². The van der Waals surface area contributed by atoms with Gasteiger partial charge in [0.25, 0.3) is 0 Å². The minimum Gasteiger partial charge on any atom is -0.508 e. The summed E-state index contributed by atoms with van der Waals surface area (Å²) in [5, 5.41) is 14.0. The van der Waals surface area contributed by atoms with Crippen molar-refractivity contribution < 1.29 is 9.84 Å². The van der Waals surface area contributed by atoms with Gasteiger partial charge in [0.15, 0.2) is 5.11 Å². The molecule has 2 aromatic heterocycles. The number of phenols is 1. The predicted octanol–water partition coefficient (Wildman–Crippen LogP) is 3.27. The van der Waals surface area contributed by atoms with Gasteiger partial charge in [0, 0.05) is 50.0 Å². The summed E-state index contributed by atoms with van der Waals surface area (Å²) in [5.41, 5.74) is 3.10. The Balaban J connectivity index is 1.44. The van der Waals surface area contributed by atoms with Crippen molar-refractivity contribution in [1.82, 2.24) is 24.7 Å². The smallest absolute Gasteiger partial charge is 0.170 e. The molecule has 2 atom stereocenters. The number of nitrogens with one attached hydrogen (secondary N) is 1. The molecule has 0 radical (unpaired) electrons. The van der Waals surface area contributed by atoms with E-state index in [1.54, 1.807) is 12.1 Å². The maximum atomic E-state index is 9.74. The van der Waals surface area contributed by atoms with Crippen LogP contribution in [0.1, 0.15) is 29.9 Å². The normalized spacial score (nSPS) is 21.3. The van der Waals surface area contributed by atoms with Crippen LogP contribution in [0.3, 0.4) is 0 Å². The number of benzene rings is 1. The first-order valence-corrected chi connectivity index (χ1v) is 11.9. The second kappa shape index (κ2) is 9.91. The summed E-state index contributed by atoms with van der Waals surface area (Å²) in [6.45, 7) is 5.50. The molecule has 5 rings (SSSR count). The van der Waals surface area contributed by atoms with Crippen LogP contribution in [-0.2, 0) is 4.74 Å².